The van der Waals surface area contributed by atoms with Crippen LogP contribution in [0.2, 0.25) is 0 Å². The van der Waals surface area contributed by atoms with Gasteiger partial charge < -0.3 is 5.11 Å². The van der Waals surface area contributed by atoms with Crippen LogP contribution in [0.5, 0.6) is 0 Å². The minimum atomic E-state index is -0.575. The number of rotatable bonds is 3. The molecule has 1 heterocycles. The molecular formula is C17H24N2O. The van der Waals surface area contributed by atoms with Crippen molar-refractivity contribution in [1.29, 1.82) is 0 Å². The summed E-state index contributed by atoms with van der Waals surface area (Å²) in [5.74, 6) is 0.363. The fourth-order valence-corrected chi connectivity index (χ4v) is 3.52. The number of benzene rings is 1. The van der Waals surface area contributed by atoms with Crippen molar-refractivity contribution in [1.82, 2.24) is 9.78 Å². The van der Waals surface area contributed by atoms with E-state index in [0.29, 0.717) is 12.3 Å². The highest BCUT2D eigenvalue weighted by Gasteiger charge is 2.37. The summed E-state index contributed by atoms with van der Waals surface area (Å²) in [6, 6.07) is 8.35. The third kappa shape index (κ3) is 2.24. The van der Waals surface area contributed by atoms with Gasteiger partial charge in [-0.3, -0.25) is 4.68 Å². The molecule has 20 heavy (non-hydrogen) atoms. The molecule has 3 heteroatoms. The molecule has 2 aromatic rings. The topological polar surface area (TPSA) is 38.0 Å². The molecule has 1 N–H and O–H groups in total. The van der Waals surface area contributed by atoms with Crippen LogP contribution in [0.3, 0.4) is 0 Å². The Labute approximate surface area is 120 Å². The number of aryl methyl sites for hydroxylation is 1. The van der Waals surface area contributed by atoms with Gasteiger partial charge in [-0.2, -0.15) is 5.10 Å². The molecule has 1 fully saturated rings. The minimum absolute atomic E-state index is 0.363. The predicted octanol–water partition coefficient (Wildman–Crippen LogP) is 3.54. The lowest BCUT2D eigenvalue weighted by molar-refractivity contribution is -0.0410. The Morgan fingerprint density at radius 3 is 2.90 bits per heavy atom. The number of fused-ring (bicyclic) bond motifs is 1. The molecule has 3 nitrogen and oxygen atoms in total. The number of aromatic nitrogens is 2. The lowest BCUT2D eigenvalue weighted by Crippen LogP contribution is -2.41. The second kappa shape index (κ2) is 5.21. The zero-order chi connectivity index (χ0) is 14.2. The van der Waals surface area contributed by atoms with E-state index in [1.54, 1.807) is 0 Å². The van der Waals surface area contributed by atoms with E-state index in [1.165, 1.54) is 17.3 Å². The maximum absolute atomic E-state index is 11.0. The van der Waals surface area contributed by atoms with Gasteiger partial charge in [0, 0.05) is 18.4 Å². The van der Waals surface area contributed by atoms with Crippen molar-refractivity contribution in [2.24, 2.45) is 5.92 Å². The van der Waals surface area contributed by atoms with Gasteiger partial charge in [0.15, 0.2) is 0 Å². The van der Waals surface area contributed by atoms with Crippen LogP contribution in [-0.2, 0) is 13.0 Å². The highest BCUT2D eigenvalue weighted by atomic mass is 16.3. The lowest BCUT2D eigenvalue weighted by atomic mass is 9.74. The van der Waals surface area contributed by atoms with Gasteiger partial charge in [-0.1, -0.05) is 38.0 Å². The number of nitrogens with zero attached hydrogens (tertiary/aromatic N) is 2. The van der Waals surface area contributed by atoms with E-state index < -0.39 is 5.60 Å². The van der Waals surface area contributed by atoms with Gasteiger partial charge in [-0.15, -0.1) is 0 Å². The molecule has 0 bridgehead atoms. The number of hydrogen-bond donors (Lipinski definition) is 1. The van der Waals surface area contributed by atoms with Gasteiger partial charge in [0.25, 0.3) is 0 Å². The summed E-state index contributed by atoms with van der Waals surface area (Å²) >= 11 is 0. The van der Waals surface area contributed by atoms with Gasteiger partial charge in [-0.05, 0) is 31.7 Å². The average Bonchev–Trinajstić information content (AvgIpc) is 2.81. The zero-order valence-corrected chi connectivity index (χ0v) is 12.5. The van der Waals surface area contributed by atoms with Crippen molar-refractivity contribution in [3.05, 3.63) is 30.0 Å². The molecule has 1 aromatic carbocycles. The smallest absolute Gasteiger partial charge is 0.0732 e. The van der Waals surface area contributed by atoms with E-state index in [4.69, 9.17) is 5.10 Å². The average molecular weight is 272 g/mol. The molecule has 0 spiro atoms. The first-order valence-corrected chi connectivity index (χ1v) is 7.81. The van der Waals surface area contributed by atoms with Crippen molar-refractivity contribution in [3.63, 3.8) is 0 Å². The maximum Gasteiger partial charge on any atom is 0.0732 e. The van der Waals surface area contributed by atoms with Gasteiger partial charge in [0.05, 0.1) is 16.8 Å². The first kappa shape index (κ1) is 13.6. The maximum atomic E-state index is 11.0. The molecule has 1 aliphatic carbocycles. The van der Waals surface area contributed by atoms with Crippen LogP contribution in [0, 0.1) is 5.92 Å². The predicted molar refractivity (Wildman–Crippen MR) is 81.7 cm³/mol. The van der Waals surface area contributed by atoms with Crippen LogP contribution in [0.25, 0.3) is 10.9 Å². The largest absolute Gasteiger partial charge is 0.389 e. The summed E-state index contributed by atoms with van der Waals surface area (Å²) in [7, 11) is 0. The summed E-state index contributed by atoms with van der Waals surface area (Å²) in [6.45, 7) is 5.16. The molecule has 108 valence electrons. The van der Waals surface area contributed by atoms with Crippen LogP contribution in [0.1, 0.15) is 45.2 Å². The fourth-order valence-electron chi connectivity index (χ4n) is 3.52. The summed E-state index contributed by atoms with van der Waals surface area (Å²) in [5, 5.41) is 16.9. The van der Waals surface area contributed by atoms with E-state index in [-0.39, 0.29) is 0 Å². The quantitative estimate of drug-likeness (QED) is 0.928. The summed E-state index contributed by atoms with van der Waals surface area (Å²) in [6.07, 6.45) is 5.09. The number of hydrogen-bond acceptors (Lipinski definition) is 2. The zero-order valence-electron chi connectivity index (χ0n) is 12.5. The molecule has 0 aliphatic heterocycles. The third-order valence-corrected chi connectivity index (χ3v) is 4.92. The highest BCUT2D eigenvalue weighted by molar-refractivity contribution is 5.82. The van der Waals surface area contributed by atoms with E-state index in [2.05, 4.69) is 38.1 Å². The monoisotopic (exact) mass is 272 g/mol. The van der Waals surface area contributed by atoms with Gasteiger partial charge in [-0.25, -0.2) is 0 Å². The summed E-state index contributed by atoms with van der Waals surface area (Å²) in [5.41, 5.74) is 1.66. The fraction of sp³-hybridized carbons (Fsp3) is 0.588. The van der Waals surface area contributed by atoms with Crippen LogP contribution >= 0.6 is 0 Å². The molecule has 0 amide bonds. The van der Waals surface area contributed by atoms with Crippen LogP contribution < -0.4 is 0 Å². The molecular weight excluding hydrogens is 248 g/mol. The Kier molecular flexibility index (Phi) is 3.55. The van der Waals surface area contributed by atoms with E-state index in [0.717, 1.165) is 31.5 Å². The third-order valence-electron chi connectivity index (χ3n) is 4.92. The minimum Gasteiger partial charge on any atom is -0.389 e. The van der Waals surface area contributed by atoms with Gasteiger partial charge >= 0.3 is 0 Å². The Hall–Kier alpha value is -1.35. The van der Waals surface area contributed by atoms with Gasteiger partial charge in [0.2, 0.25) is 0 Å². The molecule has 2 atom stereocenters. The second-order valence-corrected chi connectivity index (χ2v) is 6.21. The van der Waals surface area contributed by atoms with Crippen molar-refractivity contribution in [3.8, 4) is 0 Å². The van der Waals surface area contributed by atoms with E-state index in [9.17, 15) is 5.11 Å². The Bertz CT molecular complexity index is 604. The molecule has 1 aromatic heterocycles. The van der Waals surface area contributed by atoms with Crippen molar-refractivity contribution < 1.29 is 5.11 Å². The summed E-state index contributed by atoms with van der Waals surface area (Å²) in [4.78, 5) is 0. The van der Waals surface area contributed by atoms with Crippen LogP contribution in [0.15, 0.2) is 24.3 Å². The Morgan fingerprint density at radius 1 is 1.35 bits per heavy atom. The van der Waals surface area contributed by atoms with Crippen molar-refractivity contribution in [2.75, 3.05) is 0 Å². The van der Waals surface area contributed by atoms with Gasteiger partial charge in [0.1, 0.15) is 0 Å². The van der Waals surface area contributed by atoms with Crippen molar-refractivity contribution >= 4 is 10.9 Å². The first-order chi connectivity index (χ1) is 9.64. The highest BCUT2D eigenvalue weighted by Crippen LogP contribution is 2.37. The van der Waals surface area contributed by atoms with Crippen molar-refractivity contribution in [2.45, 2.75) is 58.1 Å². The first-order valence-electron chi connectivity index (χ1n) is 7.81. The van der Waals surface area contributed by atoms with Crippen LogP contribution in [0.4, 0.5) is 0 Å². The second-order valence-electron chi connectivity index (χ2n) is 6.21. The SMILES string of the molecule is CCn1nc(CC2(O)CCCCC2C)c2ccccc21. The Morgan fingerprint density at radius 2 is 2.15 bits per heavy atom. The number of aliphatic hydroxyl groups is 1. The van der Waals surface area contributed by atoms with E-state index >= 15 is 0 Å². The molecule has 1 saturated carbocycles. The molecule has 2 unspecified atom stereocenters. The normalized spacial score (nSPS) is 27.1. The Balaban J connectivity index is 1.98. The lowest BCUT2D eigenvalue weighted by Gasteiger charge is -2.37. The number of para-hydroxylation sites is 1. The molecule has 3 rings (SSSR count). The van der Waals surface area contributed by atoms with E-state index in [1.807, 2.05) is 4.68 Å². The molecule has 1 aliphatic rings. The standard InChI is InChI=1S/C17H24N2O/c1-3-19-16-10-5-4-9-14(16)15(18-19)12-17(20)11-7-6-8-13(17)2/h4-5,9-10,13,20H,3,6-8,11-12H2,1-2H3. The molecule has 0 saturated heterocycles. The summed E-state index contributed by atoms with van der Waals surface area (Å²) < 4.78 is 2.04. The van der Waals surface area contributed by atoms with Crippen LogP contribution in [-0.4, -0.2) is 20.5 Å². The molecule has 0 radical (unpaired) electrons.